The van der Waals surface area contributed by atoms with Crippen LogP contribution in [0.15, 0.2) is 24.5 Å². The summed E-state index contributed by atoms with van der Waals surface area (Å²) >= 11 is 0. The molecule has 178 valence electrons. The highest BCUT2D eigenvalue weighted by Crippen LogP contribution is 2.23. The van der Waals surface area contributed by atoms with Crippen molar-refractivity contribution in [3.05, 3.63) is 53.0 Å². The largest absolute Gasteiger partial charge is 0.393 e. The van der Waals surface area contributed by atoms with Gasteiger partial charge in [-0.3, -0.25) is 4.79 Å². The molecule has 2 aliphatic rings. The lowest BCUT2D eigenvalue weighted by atomic mass is 9.98. The van der Waals surface area contributed by atoms with Gasteiger partial charge in [-0.25, -0.2) is 18.7 Å². The van der Waals surface area contributed by atoms with Crippen molar-refractivity contribution in [2.24, 2.45) is 0 Å². The van der Waals surface area contributed by atoms with Crippen molar-refractivity contribution in [1.82, 2.24) is 19.8 Å². The maximum Gasteiger partial charge on any atom is 0.272 e. The number of aliphatic hydroxyl groups excluding tert-OH is 1. The van der Waals surface area contributed by atoms with E-state index >= 15 is 0 Å². The number of hydrogen-bond donors (Lipinski definition) is 2. The number of aliphatic hydroxyl groups is 1. The van der Waals surface area contributed by atoms with E-state index in [1.807, 2.05) is 11.8 Å². The first kappa shape index (κ1) is 23.5. The predicted molar refractivity (Wildman–Crippen MR) is 121 cm³/mol. The second-order valence-corrected chi connectivity index (χ2v) is 8.91. The van der Waals surface area contributed by atoms with Gasteiger partial charge >= 0.3 is 0 Å². The van der Waals surface area contributed by atoms with Crippen molar-refractivity contribution in [3.63, 3.8) is 0 Å². The van der Waals surface area contributed by atoms with E-state index in [9.17, 15) is 18.7 Å². The van der Waals surface area contributed by atoms with E-state index in [4.69, 9.17) is 0 Å². The molecule has 2 fully saturated rings. The summed E-state index contributed by atoms with van der Waals surface area (Å²) in [6.45, 7) is 5.50. The summed E-state index contributed by atoms with van der Waals surface area (Å²) in [5.74, 6) is -1.25. The standard InChI is InChI=1S/C24H31F2N5O2/c1-16-22(24(33)31-10-5-18(6-11-31)30-12-7-19(32)8-13-30)28-15-29-23(16)27-9-4-17-2-3-20(25)21(26)14-17/h2-3,14-15,18-19,32H,4-13H2,1H3,(H,27,28,29). The summed E-state index contributed by atoms with van der Waals surface area (Å²) in [7, 11) is 0. The molecule has 2 aromatic rings. The molecule has 1 aromatic carbocycles. The molecule has 0 aliphatic carbocycles. The fourth-order valence-corrected chi connectivity index (χ4v) is 4.70. The van der Waals surface area contributed by atoms with Gasteiger partial charge in [0, 0.05) is 44.3 Å². The van der Waals surface area contributed by atoms with Gasteiger partial charge < -0.3 is 20.2 Å². The zero-order chi connectivity index (χ0) is 23.4. The minimum Gasteiger partial charge on any atom is -0.393 e. The molecular formula is C24H31F2N5O2. The molecule has 2 saturated heterocycles. The highest BCUT2D eigenvalue weighted by molar-refractivity contribution is 5.94. The van der Waals surface area contributed by atoms with Crippen LogP contribution in [0.1, 0.15) is 47.3 Å². The van der Waals surface area contributed by atoms with Gasteiger partial charge in [0.2, 0.25) is 0 Å². The lowest BCUT2D eigenvalue weighted by Crippen LogP contribution is -2.49. The van der Waals surface area contributed by atoms with Crippen molar-refractivity contribution in [2.45, 2.75) is 51.2 Å². The summed E-state index contributed by atoms with van der Waals surface area (Å²) in [5, 5.41) is 12.9. The zero-order valence-electron chi connectivity index (χ0n) is 18.9. The number of anilines is 1. The molecule has 1 amide bonds. The lowest BCUT2D eigenvalue weighted by molar-refractivity contribution is 0.0355. The van der Waals surface area contributed by atoms with E-state index in [0.29, 0.717) is 54.7 Å². The zero-order valence-corrected chi connectivity index (χ0v) is 18.9. The van der Waals surface area contributed by atoms with Gasteiger partial charge in [-0.15, -0.1) is 0 Å². The molecule has 4 rings (SSSR count). The molecule has 0 saturated carbocycles. The number of nitrogens with zero attached hydrogens (tertiary/aromatic N) is 4. The molecule has 2 aliphatic heterocycles. The Balaban J connectivity index is 1.32. The summed E-state index contributed by atoms with van der Waals surface area (Å²) in [5.41, 5.74) is 1.75. The van der Waals surface area contributed by atoms with Gasteiger partial charge in [0.25, 0.3) is 5.91 Å². The lowest BCUT2D eigenvalue weighted by Gasteiger charge is -2.41. The summed E-state index contributed by atoms with van der Waals surface area (Å²) in [6, 6.07) is 4.32. The predicted octanol–water partition coefficient (Wildman–Crippen LogP) is 2.78. The first-order valence-corrected chi connectivity index (χ1v) is 11.6. The molecule has 7 nitrogen and oxygen atoms in total. The first-order chi connectivity index (χ1) is 15.9. The number of amides is 1. The molecule has 3 heterocycles. The van der Waals surface area contributed by atoms with Gasteiger partial charge in [-0.1, -0.05) is 6.07 Å². The number of hydrogen-bond acceptors (Lipinski definition) is 6. The van der Waals surface area contributed by atoms with Gasteiger partial charge in [0.15, 0.2) is 11.6 Å². The number of halogens is 2. The highest BCUT2D eigenvalue weighted by Gasteiger charge is 2.30. The molecule has 33 heavy (non-hydrogen) atoms. The fraction of sp³-hybridized carbons (Fsp3) is 0.542. The molecule has 0 unspecified atom stereocenters. The van der Waals surface area contributed by atoms with E-state index in [0.717, 1.165) is 44.8 Å². The van der Waals surface area contributed by atoms with Crippen LogP contribution in [0, 0.1) is 18.6 Å². The highest BCUT2D eigenvalue weighted by atomic mass is 19.2. The number of benzene rings is 1. The number of likely N-dealkylation sites (tertiary alicyclic amines) is 2. The maximum absolute atomic E-state index is 13.4. The summed E-state index contributed by atoms with van der Waals surface area (Å²) in [6.07, 6.45) is 5.19. The van der Waals surface area contributed by atoms with Crippen molar-refractivity contribution in [1.29, 1.82) is 0 Å². The van der Waals surface area contributed by atoms with Crippen LogP contribution in [0.5, 0.6) is 0 Å². The van der Waals surface area contributed by atoms with E-state index in [-0.39, 0.29) is 12.0 Å². The van der Waals surface area contributed by atoms with Crippen LogP contribution in [-0.2, 0) is 6.42 Å². The van der Waals surface area contributed by atoms with Crippen molar-refractivity contribution in [3.8, 4) is 0 Å². The Hall–Kier alpha value is -2.65. The van der Waals surface area contributed by atoms with E-state index < -0.39 is 11.6 Å². The quantitative estimate of drug-likeness (QED) is 0.692. The van der Waals surface area contributed by atoms with E-state index in [2.05, 4.69) is 20.2 Å². The fourth-order valence-electron chi connectivity index (χ4n) is 4.70. The molecular weight excluding hydrogens is 428 g/mol. The van der Waals surface area contributed by atoms with Crippen LogP contribution in [0.25, 0.3) is 0 Å². The number of carbonyl (C=O) groups is 1. The SMILES string of the molecule is Cc1c(NCCc2ccc(F)c(F)c2)ncnc1C(=O)N1CCC(N2CCC(O)CC2)CC1. The average Bonchev–Trinajstić information content (AvgIpc) is 2.83. The first-order valence-electron chi connectivity index (χ1n) is 11.6. The Morgan fingerprint density at radius 3 is 2.52 bits per heavy atom. The van der Waals surface area contributed by atoms with Crippen molar-refractivity contribution >= 4 is 11.7 Å². The number of piperidine rings is 2. The van der Waals surface area contributed by atoms with Gasteiger partial charge in [0.05, 0.1) is 6.10 Å². The van der Waals surface area contributed by atoms with Crippen LogP contribution in [-0.4, -0.2) is 75.7 Å². The number of aromatic nitrogens is 2. The smallest absolute Gasteiger partial charge is 0.272 e. The molecule has 0 bridgehead atoms. The van der Waals surface area contributed by atoms with Gasteiger partial charge in [-0.05, 0) is 56.7 Å². The third kappa shape index (κ3) is 5.65. The molecule has 2 N–H and O–H groups in total. The van der Waals surface area contributed by atoms with E-state index in [1.54, 1.807) is 6.07 Å². The molecule has 1 aromatic heterocycles. The minimum absolute atomic E-state index is 0.0916. The topological polar surface area (TPSA) is 81.6 Å². The van der Waals surface area contributed by atoms with Crippen LogP contribution in [0.2, 0.25) is 0 Å². The molecule has 0 atom stereocenters. The van der Waals surface area contributed by atoms with Crippen molar-refractivity contribution in [2.75, 3.05) is 38.0 Å². The average molecular weight is 460 g/mol. The van der Waals surface area contributed by atoms with Crippen LogP contribution < -0.4 is 5.32 Å². The monoisotopic (exact) mass is 459 g/mol. The number of carbonyl (C=O) groups excluding carboxylic acids is 1. The van der Waals surface area contributed by atoms with Crippen LogP contribution in [0.3, 0.4) is 0 Å². The second kappa shape index (κ2) is 10.5. The third-order valence-electron chi connectivity index (χ3n) is 6.74. The van der Waals surface area contributed by atoms with Crippen molar-refractivity contribution < 1.29 is 18.7 Å². The Kier molecular flexibility index (Phi) is 7.49. The third-order valence-corrected chi connectivity index (χ3v) is 6.74. The molecule has 9 heteroatoms. The molecule has 0 radical (unpaired) electrons. The Labute approximate surface area is 192 Å². The van der Waals surface area contributed by atoms with Gasteiger partial charge in [-0.2, -0.15) is 0 Å². The number of rotatable bonds is 6. The Morgan fingerprint density at radius 1 is 1.09 bits per heavy atom. The summed E-state index contributed by atoms with van der Waals surface area (Å²) in [4.78, 5) is 25.9. The van der Waals surface area contributed by atoms with Crippen LogP contribution >= 0.6 is 0 Å². The minimum atomic E-state index is -0.861. The second-order valence-electron chi connectivity index (χ2n) is 8.91. The Bertz CT molecular complexity index is 973. The van der Waals surface area contributed by atoms with E-state index in [1.165, 1.54) is 12.4 Å². The summed E-state index contributed by atoms with van der Waals surface area (Å²) < 4.78 is 26.5. The van der Waals surface area contributed by atoms with Crippen LogP contribution in [0.4, 0.5) is 14.6 Å². The van der Waals surface area contributed by atoms with Gasteiger partial charge in [0.1, 0.15) is 17.8 Å². The normalized spacial score (nSPS) is 18.5. The Morgan fingerprint density at radius 2 is 1.82 bits per heavy atom. The number of nitrogens with one attached hydrogen (secondary N) is 1. The molecule has 0 spiro atoms. The maximum atomic E-state index is 13.4.